The second kappa shape index (κ2) is 9.99. The normalized spacial score (nSPS) is 42.8. The monoisotopic (exact) mass is 442 g/mol. The van der Waals surface area contributed by atoms with Crippen molar-refractivity contribution in [3.05, 3.63) is 12.2 Å². The van der Waals surface area contributed by atoms with Crippen LogP contribution in [-0.4, -0.2) is 23.2 Å². The minimum absolute atomic E-state index is 0.110. The second-order valence-electron chi connectivity index (χ2n) is 12.0. The average Bonchev–Trinajstić information content (AvgIpc) is 3.10. The maximum absolute atomic E-state index is 12.7. The van der Waals surface area contributed by atoms with Crippen molar-refractivity contribution in [2.45, 2.75) is 104 Å². The van der Waals surface area contributed by atoms with Crippen LogP contribution in [0.3, 0.4) is 0 Å². The molecule has 180 valence electrons. The third-order valence-corrected chi connectivity index (χ3v) is 10.4. The Morgan fingerprint density at radius 1 is 1.06 bits per heavy atom. The molecular formula is C28H46N2O2. The molecule has 0 aromatic heterocycles. The number of hydrogen-bond acceptors (Lipinski definition) is 4. The van der Waals surface area contributed by atoms with E-state index in [9.17, 15) is 10.0 Å². The van der Waals surface area contributed by atoms with Crippen molar-refractivity contribution in [3.8, 4) is 0 Å². The third kappa shape index (κ3) is 4.33. The Hall–Kier alpha value is -1.16. The molecule has 4 saturated carbocycles. The molecule has 32 heavy (non-hydrogen) atoms. The van der Waals surface area contributed by atoms with Gasteiger partial charge in [0, 0.05) is 17.8 Å². The van der Waals surface area contributed by atoms with Gasteiger partial charge in [0.25, 0.3) is 0 Å². The van der Waals surface area contributed by atoms with Gasteiger partial charge in [-0.1, -0.05) is 44.0 Å². The molecule has 7 atom stereocenters. The summed E-state index contributed by atoms with van der Waals surface area (Å²) in [5.41, 5.74) is 6.75. The van der Waals surface area contributed by atoms with Gasteiger partial charge >= 0.3 is 0 Å². The van der Waals surface area contributed by atoms with Gasteiger partial charge in [0.1, 0.15) is 5.78 Å². The van der Waals surface area contributed by atoms with E-state index in [4.69, 9.17) is 5.73 Å². The Morgan fingerprint density at radius 2 is 1.84 bits per heavy atom. The Labute approximate surface area is 195 Å². The molecule has 0 aromatic carbocycles. The van der Waals surface area contributed by atoms with Crippen LogP contribution in [0.2, 0.25) is 0 Å². The zero-order chi connectivity index (χ0) is 22.8. The molecule has 0 saturated heterocycles. The third-order valence-electron chi connectivity index (χ3n) is 10.4. The fourth-order valence-electron chi connectivity index (χ4n) is 8.46. The van der Waals surface area contributed by atoms with Gasteiger partial charge < -0.3 is 10.9 Å². The highest BCUT2D eigenvalue weighted by Crippen LogP contribution is 2.65. The highest BCUT2D eigenvalue weighted by atomic mass is 16.4. The fraction of sp³-hybridized carbons (Fsp3) is 0.857. The molecule has 3 N–H and O–H groups in total. The molecule has 4 unspecified atom stereocenters. The number of carbonyl (C=O) groups is 1. The minimum Gasteiger partial charge on any atom is -0.411 e. The first-order chi connectivity index (χ1) is 15.4. The van der Waals surface area contributed by atoms with Crippen molar-refractivity contribution in [1.29, 1.82) is 0 Å². The molecule has 4 aliphatic rings. The number of hydrogen-bond donors (Lipinski definition) is 2. The van der Waals surface area contributed by atoms with E-state index < -0.39 is 0 Å². The van der Waals surface area contributed by atoms with Crippen LogP contribution in [0.25, 0.3) is 0 Å². The summed E-state index contributed by atoms with van der Waals surface area (Å²) in [6, 6.07) is 0. The van der Waals surface area contributed by atoms with Gasteiger partial charge in [0.15, 0.2) is 0 Å². The predicted molar refractivity (Wildman–Crippen MR) is 131 cm³/mol. The minimum atomic E-state index is -0.110. The Morgan fingerprint density at radius 3 is 2.59 bits per heavy atom. The van der Waals surface area contributed by atoms with Gasteiger partial charge in [-0.25, -0.2) is 0 Å². The standard InChI is InChI=1S/C28H46N2O2/c1-27-15-13-20(10-8-6-4-3-5-7-9-17-29)18-24(27)25(30-32)19-21-22-11-12-26(31)28(22,2)16-14-23(21)27/h3,5,20-24,32H,4,6-19,29H2,1-2H3/b5-3-,30-25+/t20?,21?,22?,23?,24-,27-,28+/m1/s1. The number of ketones is 1. The molecule has 4 fully saturated rings. The predicted octanol–water partition coefficient (Wildman–Crippen LogP) is 6.51. The van der Waals surface area contributed by atoms with Crippen molar-refractivity contribution >= 4 is 11.5 Å². The lowest BCUT2D eigenvalue weighted by Gasteiger charge is -2.60. The second-order valence-corrected chi connectivity index (χ2v) is 12.0. The topological polar surface area (TPSA) is 75.7 Å². The molecule has 4 rings (SSSR count). The van der Waals surface area contributed by atoms with Crippen LogP contribution in [0.4, 0.5) is 0 Å². The van der Waals surface area contributed by atoms with E-state index in [-0.39, 0.29) is 10.8 Å². The first kappa shape index (κ1) is 24.0. The molecule has 0 aromatic rings. The number of Topliss-reactive ketones (excluding diaryl/α,β-unsaturated/α-hetero) is 1. The lowest BCUT2D eigenvalue weighted by atomic mass is 9.44. The van der Waals surface area contributed by atoms with E-state index in [2.05, 4.69) is 31.2 Å². The summed E-state index contributed by atoms with van der Waals surface area (Å²) in [5.74, 6) is 3.43. The van der Waals surface area contributed by atoms with E-state index in [0.717, 1.165) is 56.7 Å². The van der Waals surface area contributed by atoms with Gasteiger partial charge in [-0.15, -0.1) is 0 Å². The number of nitrogens with two attached hydrogens (primary N) is 1. The van der Waals surface area contributed by atoms with Crippen LogP contribution in [0.15, 0.2) is 17.3 Å². The molecule has 4 aliphatic carbocycles. The van der Waals surface area contributed by atoms with Crippen molar-refractivity contribution in [1.82, 2.24) is 0 Å². The molecule has 0 spiro atoms. The molecule has 0 amide bonds. The Bertz CT molecular complexity index is 731. The molecule has 0 radical (unpaired) electrons. The molecule has 0 aliphatic heterocycles. The van der Waals surface area contributed by atoms with Crippen molar-refractivity contribution in [2.75, 3.05) is 6.54 Å². The molecular weight excluding hydrogens is 396 g/mol. The zero-order valence-electron chi connectivity index (χ0n) is 20.5. The van der Waals surface area contributed by atoms with E-state index in [1.807, 2.05) is 0 Å². The highest BCUT2D eigenvalue weighted by Gasteiger charge is 2.61. The average molecular weight is 443 g/mol. The van der Waals surface area contributed by atoms with E-state index in [1.54, 1.807) is 0 Å². The molecule has 4 nitrogen and oxygen atoms in total. The van der Waals surface area contributed by atoms with E-state index in [1.165, 1.54) is 51.4 Å². The summed E-state index contributed by atoms with van der Waals surface area (Å²) < 4.78 is 0. The largest absolute Gasteiger partial charge is 0.411 e. The summed E-state index contributed by atoms with van der Waals surface area (Å²) >= 11 is 0. The molecule has 4 heteroatoms. The van der Waals surface area contributed by atoms with Gasteiger partial charge in [0.2, 0.25) is 0 Å². The van der Waals surface area contributed by atoms with Crippen LogP contribution in [-0.2, 0) is 4.79 Å². The fourth-order valence-corrected chi connectivity index (χ4v) is 8.46. The van der Waals surface area contributed by atoms with Gasteiger partial charge in [-0.05, 0) is 106 Å². The maximum Gasteiger partial charge on any atom is 0.139 e. The number of nitrogens with zero attached hydrogens (tertiary/aromatic N) is 1. The van der Waals surface area contributed by atoms with Crippen molar-refractivity contribution in [3.63, 3.8) is 0 Å². The summed E-state index contributed by atoms with van der Waals surface area (Å²) in [5, 5.41) is 13.9. The van der Waals surface area contributed by atoms with Gasteiger partial charge in [-0.3, -0.25) is 4.79 Å². The molecule has 0 heterocycles. The van der Waals surface area contributed by atoms with Crippen molar-refractivity contribution < 1.29 is 10.0 Å². The summed E-state index contributed by atoms with van der Waals surface area (Å²) in [6.07, 6.45) is 20.7. The first-order valence-corrected chi connectivity index (χ1v) is 13.5. The number of allylic oxidation sites excluding steroid dienone is 2. The van der Waals surface area contributed by atoms with Gasteiger partial charge in [0.05, 0.1) is 5.71 Å². The summed E-state index contributed by atoms with van der Waals surface area (Å²) in [4.78, 5) is 12.7. The van der Waals surface area contributed by atoms with E-state index >= 15 is 0 Å². The Kier molecular flexibility index (Phi) is 7.49. The van der Waals surface area contributed by atoms with Crippen LogP contribution >= 0.6 is 0 Å². The quantitative estimate of drug-likeness (QED) is 0.195. The number of oxime groups is 1. The highest BCUT2D eigenvalue weighted by molar-refractivity contribution is 5.90. The number of carbonyl (C=O) groups excluding carboxylic acids is 1. The van der Waals surface area contributed by atoms with Crippen LogP contribution in [0, 0.1) is 40.4 Å². The van der Waals surface area contributed by atoms with Crippen LogP contribution in [0.1, 0.15) is 104 Å². The number of fused-ring (bicyclic) bond motifs is 5. The van der Waals surface area contributed by atoms with Crippen molar-refractivity contribution in [2.24, 2.45) is 51.3 Å². The van der Waals surface area contributed by atoms with Crippen LogP contribution < -0.4 is 5.73 Å². The number of rotatable bonds is 8. The zero-order valence-corrected chi connectivity index (χ0v) is 20.5. The smallest absolute Gasteiger partial charge is 0.139 e. The number of unbranched alkanes of at least 4 members (excludes halogenated alkanes) is 3. The molecule has 0 bridgehead atoms. The first-order valence-electron chi connectivity index (χ1n) is 13.5. The van der Waals surface area contributed by atoms with E-state index in [0.29, 0.717) is 29.5 Å². The summed E-state index contributed by atoms with van der Waals surface area (Å²) in [7, 11) is 0. The Balaban J connectivity index is 1.36. The maximum atomic E-state index is 12.7. The van der Waals surface area contributed by atoms with Gasteiger partial charge in [-0.2, -0.15) is 0 Å². The summed E-state index contributed by atoms with van der Waals surface area (Å²) in [6.45, 7) is 5.52. The lowest BCUT2D eigenvalue weighted by molar-refractivity contribution is -0.134. The SMILES string of the molecule is C[C@]12CCC3C(C/C(=N\O)[C@H]4CC(CCCC/C=C\CCCN)CC[C@]34C)C1CCC2=O. The van der Waals surface area contributed by atoms with Crippen LogP contribution in [0.5, 0.6) is 0 Å². The lowest BCUT2D eigenvalue weighted by Crippen LogP contribution is -2.56.